The van der Waals surface area contributed by atoms with Crippen LogP contribution >= 0.6 is 11.8 Å². The van der Waals surface area contributed by atoms with Crippen LogP contribution in [0.2, 0.25) is 0 Å². The van der Waals surface area contributed by atoms with Gasteiger partial charge < -0.3 is 19.7 Å². The first-order valence-electron chi connectivity index (χ1n) is 10.3. The SMILES string of the molecule is COC1(CCCCOc2ccccc2)C=C(SC)C(=O)C1=C/C=C\C(O)CCCO. The molecule has 2 unspecified atom stereocenters. The second-order valence-corrected chi connectivity index (χ2v) is 8.00. The number of ketones is 1. The average molecular weight is 433 g/mol. The summed E-state index contributed by atoms with van der Waals surface area (Å²) in [7, 11) is 1.63. The molecule has 164 valence electrons. The quantitative estimate of drug-likeness (QED) is 0.362. The summed E-state index contributed by atoms with van der Waals surface area (Å²) in [5.41, 5.74) is -0.174. The molecule has 0 aliphatic heterocycles. The van der Waals surface area contributed by atoms with E-state index in [1.165, 1.54) is 11.8 Å². The lowest BCUT2D eigenvalue weighted by atomic mass is 9.90. The number of hydrogen-bond donors (Lipinski definition) is 2. The van der Waals surface area contributed by atoms with Gasteiger partial charge >= 0.3 is 0 Å². The van der Waals surface area contributed by atoms with Crippen LogP contribution in [-0.4, -0.2) is 54.3 Å². The number of Topliss-reactive ketones (excluding diaryl/α,β-unsaturated/α-hetero) is 1. The molecule has 0 spiro atoms. The Labute approximate surface area is 183 Å². The van der Waals surface area contributed by atoms with Crippen molar-refractivity contribution >= 4 is 17.5 Å². The van der Waals surface area contributed by atoms with Crippen molar-refractivity contribution in [3.05, 3.63) is 65.1 Å². The van der Waals surface area contributed by atoms with E-state index in [2.05, 4.69) is 0 Å². The van der Waals surface area contributed by atoms with Gasteiger partial charge in [0.15, 0.2) is 5.78 Å². The van der Waals surface area contributed by atoms with Gasteiger partial charge in [-0.05, 0) is 56.6 Å². The summed E-state index contributed by atoms with van der Waals surface area (Å²) >= 11 is 1.42. The molecule has 2 atom stereocenters. The predicted molar refractivity (Wildman–Crippen MR) is 122 cm³/mol. The number of methoxy groups -OCH3 is 1. The predicted octanol–water partition coefficient (Wildman–Crippen LogP) is 4.07. The summed E-state index contributed by atoms with van der Waals surface area (Å²) in [4.78, 5) is 13.5. The van der Waals surface area contributed by atoms with Gasteiger partial charge in [-0.15, -0.1) is 11.8 Å². The standard InChI is InChI=1S/C24H32O5S/c1-28-24(15-6-7-17-29-20-12-4-3-5-13-20)18-22(30-2)23(27)21(24)14-8-10-19(26)11-9-16-25/h3-5,8,10,12-14,18-19,25-26H,6-7,9,11,15-17H2,1-2H3/b10-8-,21-14?. The molecule has 0 radical (unpaired) electrons. The van der Waals surface area contributed by atoms with E-state index >= 15 is 0 Å². The van der Waals surface area contributed by atoms with Crippen LogP contribution in [0.1, 0.15) is 32.1 Å². The van der Waals surface area contributed by atoms with Crippen molar-refractivity contribution in [2.75, 3.05) is 26.6 Å². The number of benzene rings is 1. The molecule has 0 saturated heterocycles. The van der Waals surface area contributed by atoms with E-state index in [4.69, 9.17) is 14.6 Å². The highest BCUT2D eigenvalue weighted by molar-refractivity contribution is 8.03. The second-order valence-electron chi connectivity index (χ2n) is 7.15. The number of unbranched alkanes of at least 4 members (excludes halogenated alkanes) is 1. The number of allylic oxidation sites excluding steroid dienone is 3. The highest BCUT2D eigenvalue weighted by Crippen LogP contribution is 2.41. The molecule has 0 amide bonds. The lowest BCUT2D eigenvalue weighted by Gasteiger charge is -2.27. The van der Waals surface area contributed by atoms with Crippen LogP contribution in [-0.2, 0) is 9.53 Å². The monoisotopic (exact) mass is 432 g/mol. The summed E-state index contributed by atoms with van der Waals surface area (Å²) in [6.45, 7) is 0.652. The van der Waals surface area contributed by atoms with Crippen LogP contribution in [0.15, 0.2) is 65.1 Å². The summed E-state index contributed by atoms with van der Waals surface area (Å²) in [5.74, 6) is 0.824. The molecule has 2 N–H and O–H groups in total. The molecule has 0 aromatic heterocycles. The number of para-hydroxylation sites is 1. The van der Waals surface area contributed by atoms with Crippen LogP contribution in [0.25, 0.3) is 0 Å². The molecule has 30 heavy (non-hydrogen) atoms. The molecule has 0 saturated carbocycles. The van der Waals surface area contributed by atoms with Crippen molar-refractivity contribution in [2.24, 2.45) is 0 Å². The van der Waals surface area contributed by atoms with Crippen LogP contribution < -0.4 is 4.74 Å². The van der Waals surface area contributed by atoms with Gasteiger partial charge in [0.05, 0.1) is 17.6 Å². The zero-order chi connectivity index (χ0) is 21.8. The minimum atomic E-state index is -0.761. The fourth-order valence-corrected chi connectivity index (χ4v) is 4.00. The Morgan fingerprint density at radius 1 is 1.20 bits per heavy atom. The van der Waals surface area contributed by atoms with Crippen LogP contribution in [0.4, 0.5) is 0 Å². The second kappa shape index (κ2) is 12.7. The fraction of sp³-hybridized carbons (Fsp3) is 0.458. The topological polar surface area (TPSA) is 76.0 Å². The smallest absolute Gasteiger partial charge is 0.198 e. The first-order valence-corrected chi connectivity index (χ1v) is 11.5. The van der Waals surface area contributed by atoms with Gasteiger partial charge in [0, 0.05) is 19.3 Å². The molecular formula is C24H32O5S. The molecule has 2 rings (SSSR count). The normalized spacial score (nSPS) is 21.4. The summed E-state index contributed by atoms with van der Waals surface area (Å²) in [6.07, 6.45) is 11.6. The lowest BCUT2D eigenvalue weighted by molar-refractivity contribution is -0.112. The Morgan fingerprint density at radius 2 is 1.97 bits per heavy atom. The molecule has 0 fully saturated rings. The van der Waals surface area contributed by atoms with Gasteiger partial charge in [-0.1, -0.05) is 36.4 Å². The van der Waals surface area contributed by atoms with Crippen molar-refractivity contribution < 1.29 is 24.5 Å². The number of ether oxygens (including phenoxy) is 2. The van der Waals surface area contributed by atoms with Gasteiger partial charge in [-0.2, -0.15) is 0 Å². The van der Waals surface area contributed by atoms with Gasteiger partial charge in [-0.3, -0.25) is 4.79 Å². The van der Waals surface area contributed by atoms with Crippen LogP contribution in [0.5, 0.6) is 5.75 Å². The van der Waals surface area contributed by atoms with Gasteiger partial charge in [-0.25, -0.2) is 0 Å². The molecule has 1 aliphatic carbocycles. The minimum absolute atomic E-state index is 0.0283. The Morgan fingerprint density at radius 3 is 2.63 bits per heavy atom. The average Bonchev–Trinajstić information content (AvgIpc) is 3.04. The maximum Gasteiger partial charge on any atom is 0.198 e. The molecule has 5 nitrogen and oxygen atoms in total. The van der Waals surface area contributed by atoms with Crippen LogP contribution in [0, 0.1) is 0 Å². The molecule has 6 heteroatoms. The maximum atomic E-state index is 12.8. The molecule has 0 bridgehead atoms. The Hall–Kier alpha value is -1.86. The first-order chi connectivity index (χ1) is 14.6. The van der Waals surface area contributed by atoms with E-state index in [9.17, 15) is 9.90 Å². The molecule has 1 aromatic carbocycles. The molecule has 0 heterocycles. The highest BCUT2D eigenvalue weighted by Gasteiger charge is 2.42. The number of thioether (sulfide) groups is 1. The van der Waals surface area contributed by atoms with Crippen molar-refractivity contribution in [1.82, 2.24) is 0 Å². The number of aliphatic hydroxyl groups is 2. The number of aliphatic hydroxyl groups excluding tert-OH is 2. The van der Waals surface area contributed by atoms with Crippen molar-refractivity contribution in [1.29, 1.82) is 0 Å². The molecular weight excluding hydrogens is 400 g/mol. The van der Waals surface area contributed by atoms with Crippen LogP contribution in [0.3, 0.4) is 0 Å². The van der Waals surface area contributed by atoms with Crippen molar-refractivity contribution in [3.63, 3.8) is 0 Å². The largest absolute Gasteiger partial charge is 0.494 e. The van der Waals surface area contributed by atoms with Gasteiger partial charge in [0.1, 0.15) is 11.4 Å². The number of carbonyl (C=O) groups is 1. The Bertz CT molecular complexity index is 756. The maximum absolute atomic E-state index is 12.8. The van der Waals surface area contributed by atoms with E-state index in [1.807, 2.05) is 42.7 Å². The molecule has 1 aromatic rings. The Balaban J connectivity index is 2.01. The van der Waals surface area contributed by atoms with Gasteiger partial charge in [0.25, 0.3) is 0 Å². The Kier molecular flexibility index (Phi) is 10.4. The van der Waals surface area contributed by atoms with E-state index in [0.717, 1.165) is 18.6 Å². The van der Waals surface area contributed by atoms with Crippen molar-refractivity contribution in [2.45, 2.75) is 43.8 Å². The van der Waals surface area contributed by atoms with E-state index in [0.29, 0.717) is 36.3 Å². The third kappa shape index (κ3) is 6.84. The van der Waals surface area contributed by atoms with E-state index < -0.39 is 11.7 Å². The van der Waals surface area contributed by atoms with Crippen molar-refractivity contribution in [3.8, 4) is 5.75 Å². The first kappa shape index (κ1) is 24.4. The zero-order valence-electron chi connectivity index (χ0n) is 17.8. The zero-order valence-corrected chi connectivity index (χ0v) is 18.6. The van der Waals surface area contributed by atoms with E-state index in [1.54, 1.807) is 25.3 Å². The summed E-state index contributed by atoms with van der Waals surface area (Å²) < 4.78 is 11.6. The molecule has 1 aliphatic rings. The third-order valence-electron chi connectivity index (χ3n) is 5.08. The lowest BCUT2D eigenvalue weighted by Crippen LogP contribution is -2.31. The van der Waals surface area contributed by atoms with E-state index in [-0.39, 0.29) is 12.4 Å². The number of hydrogen-bond acceptors (Lipinski definition) is 6. The summed E-state index contributed by atoms with van der Waals surface area (Å²) in [6, 6.07) is 9.71. The number of rotatable bonds is 13. The minimum Gasteiger partial charge on any atom is -0.494 e. The number of carbonyl (C=O) groups excluding carboxylic acids is 1. The highest BCUT2D eigenvalue weighted by atomic mass is 32.2. The third-order valence-corrected chi connectivity index (χ3v) is 5.82. The fourth-order valence-electron chi connectivity index (χ4n) is 3.40. The van der Waals surface area contributed by atoms with Gasteiger partial charge in [0.2, 0.25) is 0 Å². The summed E-state index contributed by atoms with van der Waals surface area (Å²) in [5, 5.41) is 18.8.